The first-order valence-electron chi connectivity index (χ1n) is 9.54. The third kappa shape index (κ3) is 4.95. The van der Waals surface area contributed by atoms with Gasteiger partial charge in [-0.05, 0) is 42.5 Å². The molecule has 0 unspecified atom stereocenters. The van der Waals surface area contributed by atoms with Crippen LogP contribution in [0.25, 0.3) is 10.8 Å². The van der Waals surface area contributed by atoms with Crippen molar-refractivity contribution in [2.24, 2.45) is 0 Å². The van der Waals surface area contributed by atoms with Gasteiger partial charge in [0.05, 0.1) is 10.9 Å². The first-order chi connectivity index (χ1) is 13.8. The highest BCUT2D eigenvalue weighted by Crippen LogP contribution is 2.27. The summed E-state index contributed by atoms with van der Waals surface area (Å²) in [6.45, 7) is 3.76. The second-order valence-electron chi connectivity index (χ2n) is 7.06. The number of sulfone groups is 1. The summed E-state index contributed by atoms with van der Waals surface area (Å²) in [5.41, 5.74) is 0.825. The molecule has 1 N–H and O–H groups in total. The third-order valence-corrected chi connectivity index (χ3v) is 5.98. The van der Waals surface area contributed by atoms with Crippen molar-refractivity contribution >= 4 is 26.5 Å². The van der Waals surface area contributed by atoms with Crippen LogP contribution in [0.2, 0.25) is 0 Å². The largest absolute Gasteiger partial charge is 0.480 e. The number of benzene rings is 3. The van der Waals surface area contributed by atoms with Gasteiger partial charge in [-0.1, -0.05) is 55.5 Å². The van der Waals surface area contributed by atoms with Crippen molar-refractivity contribution in [1.29, 1.82) is 0 Å². The van der Waals surface area contributed by atoms with Crippen LogP contribution in [0.5, 0.6) is 5.75 Å². The molecule has 3 aromatic rings. The molecular weight excluding hydrogens is 386 g/mol. The van der Waals surface area contributed by atoms with E-state index in [2.05, 4.69) is 5.32 Å². The molecule has 0 bridgehead atoms. The molecule has 1 amide bonds. The minimum atomic E-state index is -3.25. The van der Waals surface area contributed by atoms with Crippen molar-refractivity contribution in [2.75, 3.05) is 6.26 Å². The highest BCUT2D eigenvalue weighted by Gasteiger charge is 2.21. The van der Waals surface area contributed by atoms with E-state index in [-0.39, 0.29) is 16.8 Å². The van der Waals surface area contributed by atoms with Crippen molar-refractivity contribution in [1.82, 2.24) is 5.32 Å². The topological polar surface area (TPSA) is 72.5 Å². The minimum absolute atomic E-state index is 0.208. The number of amides is 1. The zero-order valence-electron chi connectivity index (χ0n) is 16.8. The van der Waals surface area contributed by atoms with Gasteiger partial charge in [0.15, 0.2) is 15.9 Å². The predicted octanol–water partition coefficient (Wildman–Crippen LogP) is 4.28. The van der Waals surface area contributed by atoms with E-state index in [1.165, 1.54) is 6.26 Å². The molecule has 0 saturated heterocycles. The number of nitrogens with one attached hydrogen (secondary N) is 1. The van der Waals surface area contributed by atoms with E-state index >= 15 is 0 Å². The Hall–Kier alpha value is -2.86. The predicted molar refractivity (Wildman–Crippen MR) is 115 cm³/mol. The molecule has 0 saturated carbocycles. The van der Waals surface area contributed by atoms with Crippen LogP contribution in [0.4, 0.5) is 0 Å². The monoisotopic (exact) mass is 411 g/mol. The minimum Gasteiger partial charge on any atom is -0.480 e. The maximum absolute atomic E-state index is 12.8. The van der Waals surface area contributed by atoms with Gasteiger partial charge in [-0.3, -0.25) is 4.79 Å². The van der Waals surface area contributed by atoms with Crippen LogP contribution in [0.1, 0.15) is 31.9 Å². The zero-order chi connectivity index (χ0) is 21.0. The van der Waals surface area contributed by atoms with Gasteiger partial charge >= 0.3 is 0 Å². The molecule has 2 atom stereocenters. The van der Waals surface area contributed by atoms with Gasteiger partial charge in [0, 0.05) is 11.6 Å². The fourth-order valence-corrected chi connectivity index (χ4v) is 3.80. The van der Waals surface area contributed by atoms with Crippen LogP contribution in [0.3, 0.4) is 0 Å². The number of ether oxygens (including phenoxy) is 1. The first-order valence-corrected chi connectivity index (χ1v) is 11.4. The van der Waals surface area contributed by atoms with Crippen LogP contribution in [-0.4, -0.2) is 26.7 Å². The maximum Gasteiger partial charge on any atom is 0.261 e. The molecule has 3 aromatic carbocycles. The highest BCUT2D eigenvalue weighted by molar-refractivity contribution is 7.90. The standard InChI is InChI=1S/C23H25NO4S/c1-4-21(28-22-11-7-9-18-8-5-6-10-20(18)22)23(25)24-16(2)17-12-14-19(15-13-17)29(3,26)27/h5-16,21H,4H2,1-3H3,(H,24,25)/t16-,21-/m1/s1. The van der Waals surface area contributed by atoms with E-state index in [1.54, 1.807) is 24.3 Å². The van der Waals surface area contributed by atoms with E-state index in [4.69, 9.17) is 4.74 Å². The van der Waals surface area contributed by atoms with Crippen LogP contribution >= 0.6 is 0 Å². The van der Waals surface area contributed by atoms with Crippen molar-refractivity contribution < 1.29 is 17.9 Å². The molecule has 0 aliphatic heterocycles. The average molecular weight is 412 g/mol. The Morgan fingerprint density at radius 1 is 1.00 bits per heavy atom. The number of carbonyl (C=O) groups is 1. The van der Waals surface area contributed by atoms with Crippen molar-refractivity contribution in [3.8, 4) is 5.75 Å². The number of fused-ring (bicyclic) bond motifs is 1. The highest BCUT2D eigenvalue weighted by atomic mass is 32.2. The van der Waals surface area contributed by atoms with Gasteiger partial charge in [0.2, 0.25) is 0 Å². The Morgan fingerprint density at radius 3 is 2.31 bits per heavy atom. The SMILES string of the molecule is CC[C@@H](Oc1cccc2ccccc12)C(=O)N[C@H](C)c1ccc(S(C)(=O)=O)cc1. The van der Waals surface area contributed by atoms with Gasteiger partial charge in [-0.2, -0.15) is 0 Å². The van der Waals surface area contributed by atoms with Gasteiger partial charge < -0.3 is 10.1 Å². The molecule has 152 valence electrons. The van der Waals surface area contributed by atoms with Crippen molar-refractivity contribution in [3.63, 3.8) is 0 Å². The lowest BCUT2D eigenvalue weighted by molar-refractivity contribution is -0.128. The number of rotatable bonds is 7. The normalized spacial score (nSPS) is 13.6. The van der Waals surface area contributed by atoms with E-state index in [0.717, 1.165) is 16.3 Å². The first kappa shape index (κ1) is 20.9. The Morgan fingerprint density at radius 2 is 1.66 bits per heavy atom. The zero-order valence-corrected chi connectivity index (χ0v) is 17.6. The Labute approximate surface area is 171 Å². The lowest BCUT2D eigenvalue weighted by Crippen LogP contribution is -2.39. The Balaban J connectivity index is 1.72. The van der Waals surface area contributed by atoms with Crippen LogP contribution in [-0.2, 0) is 14.6 Å². The van der Waals surface area contributed by atoms with Crippen LogP contribution < -0.4 is 10.1 Å². The van der Waals surface area contributed by atoms with Gasteiger partial charge in [-0.25, -0.2) is 8.42 Å². The van der Waals surface area contributed by atoms with Crippen molar-refractivity contribution in [3.05, 3.63) is 72.3 Å². The second kappa shape index (κ2) is 8.66. The van der Waals surface area contributed by atoms with Crippen LogP contribution in [0, 0.1) is 0 Å². The molecule has 0 radical (unpaired) electrons. The molecule has 0 fully saturated rings. The Kier molecular flexibility index (Phi) is 6.23. The fraction of sp³-hybridized carbons (Fsp3) is 0.261. The van der Waals surface area contributed by atoms with Gasteiger partial charge in [-0.15, -0.1) is 0 Å². The van der Waals surface area contributed by atoms with E-state index in [9.17, 15) is 13.2 Å². The quantitative estimate of drug-likeness (QED) is 0.630. The third-order valence-electron chi connectivity index (χ3n) is 4.85. The van der Waals surface area contributed by atoms with E-state index < -0.39 is 15.9 Å². The van der Waals surface area contributed by atoms with Crippen LogP contribution in [0.15, 0.2) is 71.6 Å². The molecule has 3 rings (SSSR count). The fourth-order valence-electron chi connectivity index (χ4n) is 3.17. The molecule has 5 nitrogen and oxygen atoms in total. The molecule has 0 spiro atoms. The summed E-state index contributed by atoms with van der Waals surface area (Å²) < 4.78 is 29.2. The average Bonchev–Trinajstić information content (AvgIpc) is 2.71. The summed E-state index contributed by atoms with van der Waals surface area (Å²) in [5, 5.41) is 4.98. The smallest absolute Gasteiger partial charge is 0.261 e. The molecule has 0 aromatic heterocycles. The summed E-state index contributed by atoms with van der Waals surface area (Å²) >= 11 is 0. The van der Waals surface area contributed by atoms with E-state index in [0.29, 0.717) is 12.2 Å². The summed E-state index contributed by atoms with van der Waals surface area (Å²) in [7, 11) is -3.25. The van der Waals surface area contributed by atoms with Crippen molar-refractivity contribution in [2.45, 2.75) is 37.3 Å². The van der Waals surface area contributed by atoms with Gasteiger partial charge in [0.25, 0.3) is 5.91 Å². The molecule has 29 heavy (non-hydrogen) atoms. The second-order valence-corrected chi connectivity index (χ2v) is 9.08. The molecule has 0 aliphatic carbocycles. The van der Waals surface area contributed by atoms with E-state index in [1.807, 2.05) is 56.3 Å². The lowest BCUT2D eigenvalue weighted by atomic mass is 10.1. The molecule has 0 heterocycles. The summed E-state index contributed by atoms with van der Waals surface area (Å²) in [6, 6.07) is 19.9. The number of hydrogen-bond acceptors (Lipinski definition) is 4. The van der Waals surface area contributed by atoms with Gasteiger partial charge in [0.1, 0.15) is 5.75 Å². The number of hydrogen-bond donors (Lipinski definition) is 1. The summed E-state index contributed by atoms with van der Waals surface area (Å²) in [5.74, 6) is 0.468. The molecule has 0 aliphatic rings. The lowest BCUT2D eigenvalue weighted by Gasteiger charge is -2.21. The summed E-state index contributed by atoms with van der Waals surface area (Å²) in [4.78, 5) is 13.0. The maximum atomic E-state index is 12.8. The Bertz CT molecular complexity index is 1100. The molecular formula is C23H25NO4S. The number of carbonyl (C=O) groups excluding carboxylic acids is 1. The summed E-state index contributed by atoms with van der Waals surface area (Å²) in [6.07, 6.45) is 1.07. The molecule has 6 heteroatoms.